The zero-order chi connectivity index (χ0) is 33.5. The Morgan fingerprint density at radius 2 is 1.92 bits per heavy atom. The van der Waals surface area contributed by atoms with Crippen molar-refractivity contribution in [3.63, 3.8) is 0 Å². The number of hydrogen-bond donors (Lipinski definition) is 0. The summed E-state index contributed by atoms with van der Waals surface area (Å²) in [4.78, 5) is 23.2. The van der Waals surface area contributed by atoms with E-state index < -0.39 is 15.1 Å². The first-order valence-corrected chi connectivity index (χ1v) is 19.1. The maximum absolute atomic E-state index is 13.5. The zero-order valence-corrected chi connectivity index (χ0v) is 29.2. The monoisotopic (exact) mass is 693 g/mol. The molecule has 2 heterocycles. The second-order valence-corrected chi connectivity index (χ2v) is 16.7. The van der Waals surface area contributed by atoms with Gasteiger partial charge in [-0.25, -0.2) is 23.2 Å². The van der Waals surface area contributed by atoms with Gasteiger partial charge < -0.3 is 19.1 Å². The normalized spacial score (nSPS) is 27.5. The highest BCUT2D eigenvalue weighted by molar-refractivity contribution is 7.91. The third-order valence-corrected chi connectivity index (χ3v) is 13.7. The maximum Gasteiger partial charge on any atom is 0.337 e. The molecule has 1 spiro atoms. The van der Waals surface area contributed by atoms with Crippen LogP contribution >= 0.6 is 11.6 Å². The smallest absolute Gasteiger partial charge is 0.337 e. The van der Waals surface area contributed by atoms with Crippen LogP contribution in [0.1, 0.15) is 72.9 Å². The standard InChI is InChI=1S/C37H44ClN3O6S/c1-45-34(25-6-3-8-29(19-25)48(43,44)36-39-16-5-17-40-36)30-12-9-27(30)21-41-22-37(15-4-7-24-18-28(38)11-13-31(24)37)23-47-33-14-10-26(20-32(33)41)35(42)46-2/h5,10-11,13-14,16-18,20,25,27,29-30,34H,3-4,6-9,12,15,19,21-23H2,1-2H3/t25-,27-,29+,30+,34?,37-/m0/s1. The molecule has 0 bridgehead atoms. The molecule has 6 atom stereocenters. The third kappa shape index (κ3) is 6.20. The van der Waals surface area contributed by atoms with E-state index in [4.69, 9.17) is 25.8 Å². The molecule has 11 heteroatoms. The number of halogens is 1. The molecule has 256 valence electrons. The molecule has 0 amide bonds. The van der Waals surface area contributed by atoms with E-state index in [0.717, 1.165) is 74.5 Å². The molecule has 0 radical (unpaired) electrons. The fourth-order valence-corrected chi connectivity index (χ4v) is 10.8. The minimum atomic E-state index is -3.63. The van der Waals surface area contributed by atoms with Gasteiger partial charge in [0.2, 0.25) is 15.0 Å². The van der Waals surface area contributed by atoms with Crippen LogP contribution in [-0.2, 0) is 31.1 Å². The number of aryl methyl sites for hydroxylation is 1. The minimum absolute atomic E-state index is 0.0472. The Morgan fingerprint density at radius 3 is 2.67 bits per heavy atom. The highest BCUT2D eigenvalue weighted by atomic mass is 35.5. The van der Waals surface area contributed by atoms with Gasteiger partial charge in [0, 0.05) is 43.0 Å². The number of fused-ring (bicyclic) bond motifs is 3. The van der Waals surface area contributed by atoms with E-state index in [2.05, 4.69) is 27.0 Å². The summed E-state index contributed by atoms with van der Waals surface area (Å²) in [5.74, 6) is 1.15. The molecule has 7 rings (SSSR count). The number of anilines is 1. The van der Waals surface area contributed by atoms with Crippen LogP contribution in [0.4, 0.5) is 5.69 Å². The molecular formula is C37H44ClN3O6S. The summed E-state index contributed by atoms with van der Waals surface area (Å²) < 4.78 is 45.0. The highest BCUT2D eigenvalue weighted by Gasteiger charge is 2.47. The molecule has 3 aromatic rings. The summed E-state index contributed by atoms with van der Waals surface area (Å²) in [5, 5.41) is 0.154. The Hall–Kier alpha value is -3.21. The molecule has 9 nitrogen and oxygen atoms in total. The van der Waals surface area contributed by atoms with Crippen molar-refractivity contribution in [3.05, 3.63) is 76.6 Å². The number of benzene rings is 2. The van der Waals surface area contributed by atoms with Gasteiger partial charge in [0.1, 0.15) is 5.75 Å². The number of carbonyl (C=O) groups is 1. The summed E-state index contributed by atoms with van der Waals surface area (Å²) in [7, 11) is -0.452. The predicted molar refractivity (Wildman–Crippen MR) is 184 cm³/mol. The summed E-state index contributed by atoms with van der Waals surface area (Å²) in [6.45, 7) is 2.07. The van der Waals surface area contributed by atoms with Gasteiger partial charge in [-0.1, -0.05) is 24.1 Å². The summed E-state index contributed by atoms with van der Waals surface area (Å²) in [6, 6.07) is 13.5. The Kier molecular flexibility index (Phi) is 9.43. The van der Waals surface area contributed by atoms with Crippen LogP contribution in [0.3, 0.4) is 0 Å². The van der Waals surface area contributed by atoms with E-state index in [0.29, 0.717) is 36.8 Å². The molecule has 1 aromatic heterocycles. The van der Waals surface area contributed by atoms with Crippen LogP contribution in [0.2, 0.25) is 5.02 Å². The average Bonchev–Trinajstić information content (AvgIpc) is 3.25. The van der Waals surface area contributed by atoms with Gasteiger partial charge in [0.25, 0.3) is 0 Å². The predicted octanol–water partition coefficient (Wildman–Crippen LogP) is 6.46. The van der Waals surface area contributed by atoms with Gasteiger partial charge in [-0.05, 0) is 117 Å². The quantitative estimate of drug-likeness (QED) is 0.194. The van der Waals surface area contributed by atoms with Crippen molar-refractivity contribution in [2.45, 2.75) is 79.7 Å². The molecule has 0 saturated heterocycles. The molecule has 1 unspecified atom stereocenters. The first-order chi connectivity index (χ1) is 23.2. The fourth-order valence-electron chi connectivity index (χ4n) is 8.96. The maximum atomic E-state index is 13.5. The number of carbonyl (C=O) groups excluding carboxylic acids is 1. The van der Waals surface area contributed by atoms with Gasteiger partial charge in [-0.3, -0.25) is 0 Å². The van der Waals surface area contributed by atoms with Crippen molar-refractivity contribution in [1.29, 1.82) is 0 Å². The van der Waals surface area contributed by atoms with Gasteiger partial charge >= 0.3 is 5.97 Å². The Bertz CT molecular complexity index is 1760. The van der Waals surface area contributed by atoms with Crippen molar-refractivity contribution in [2.75, 3.05) is 38.8 Å². The van der Waals surface area contributed by atoms with E-state index in [1.165, 1.54) is 30.6 Å². The van der Waals surface area contributed by atoms with Gasteiger partial charge in [0.15, 0.2) is 0 Å². The molecule has 48 heavy (non-hydrogen) atoms. The van der Waals surface area contributed by atoms with E-state index in [-0.39, 0.29) is 28.6 Å². The SMILES string of the molecule is COC(=O)c1ccc2c(c1)N(C[C@@H]1CC[C@H]1C(OC)[C@H]1CCC[C@@H](S(=O)(=O)c3ncccn3)C1)C[C@@]1(CCCc3cc(Cl)ccc31)CO2. The van der Waals surface area contributed by atoms with E-state index in [1.807, 2.05) is 18.2 Å². The number of hydrogen-bond acceptors (Lipinski definition) is 9. The van der Waals surface area contributed by atoms with Crippen molar-refractivity contribution < 1.29 is 27.4 Å². The average molecular weight is 694 g/mol. The third-order valence-electron chi connectivity index (χ3n) is 11.5. The highest BCUT2D eigenvalue weighted by Crippen LogP contribution is 2.48. The fraction of sp³-hybridized carbons (Fsp3) is 0.541. The molecule has 4 aliphatic rings. The lowest BCUT2D eigenvalue weighted by atomic mass is 9.65. The van der Waals surface area contributed by atoms with Crippen molar-refractivity contribution in [3.8, 4) is 5.75 Å². The van der Waals surface area contributed by atoms with Gasteiger partial charge in [-0.2, -0.15) is 0 Å². The lowest BCUT2D eigenvalue weighted by Crippen LogP contribution is -2.51. The second-order valence-electron chi connectivity index (χ2n) is 14.1. The molecule has 2 saturated carbocycles. The first-order valence-electron chi connectivity index (χ1n) is 17.1. The molecule has 2 aromatic carbocycles. The number of ether oxygens (including phenoxy) is 3. The minimum Gasteiger partial charge on any atom is -0.490 e. The Balaban J connectivity index is 1.16. The van der Waals surface area contributed by atoms with Crippen LogP contribution < -0.4 is 9.64 Å². The molecule has 3 aliphatic carbocycles. The van der Waals surface area contributed by atoms with E-state index >= 15 is 0 Å². The van der Waals surface area contributed by atoms with Gasteiger partial charge in [-0.15, -0.1) is 0 Å². The summed E-state index contributed by atoms with van der Waals surface area (Å²) in [5.41, 5.74) is 3.74. The zero-order valence-electron chi connectivity index (χ0n) is 27.6. The molecular weight excluding hydrogens is 650 g/mol. The van der Waals surface area contributed by atoms with Crippen molar-refractivity contribution in [1.82, 2.24) is 9.97 Å². The number of nitrogens with zero attached hydrogens (tertiary/aromatic N) is 3. The molecule has 0 N–H and O–H groups in total. The number of methoxy groups -OCH3 is 2. The van der Waals surface area contributed by atoms with Crippen molar-refractivity contribution in [2.24, 2.45) is 17.8 Å². The summed E-state index contributed by atoms with van der Waals surface area (Å²) >= 11 is 6.45. The first kappa shape index (κ1) is 33.3. The number of rotatable bonds is 8. The van der Waals surface area contributed by atoms with Crippen LogP contribution in [-0.4, -0.2) is 69.6 Å². The number of sulfone groups is 1. The van der Waals surface area contributed by atoms with Crippen LogP contribution in [0.15, 0.2) is 60.0 Å². The van der Waals surface area contributed by atoms with Crippen LogP contribution in [0, 0.1) is 17.8 Å². The largest absolute Gasteiger partial charge is 0.490 e. The Labute approximate surface area is 288 Å². The number of esters is 1. The molecule has 2 fully saturated rings. The van der Waals surface area contributed by atoms with Crippen LogP contribution in [0.5, 0.6) is 5.75 Å². The Morgan fingerprint density at radius 1 is 1.08 bits per heavy atom. The van der Waals surface area contributed by atoms with Crippen molar-refractivity contribution >= 4 is 33.1 Å². The van der Waals surface area contributed by atoms with Gasteiger partial charge in [0.05, 0.1) is 36.3 Å². The number of aromatic nitrogens is 2. The lowest BCUT2D eigenvalue weighted by molar-refractivity contribution is -0.0589. The molecule has 1 aliphatic heterocycles. The van der Waals surface area contributed by atoms with E-state index in [1.54, 1.807) is 19.2 Å². The summed E-state index contributed by atoms with van der Waals surface area (Å²) in [6.07, 6.45) is 11.0. The van der Waals surface area contributed by atoms with Crippen LogP contribution in [0.25, 0.3) is 0 Å². The lowest BCUT2D eigenvalue weighted by Gasteiger charge is -2.48. The van der Waals surface area contributed by atoms with E-state index in [9.17, 15) is 13.2 Å². The topological polar surface area (TPSA) is 108 Å². The second kappa shape index (κ2) is 13.6.